The minimum Gasteiger partial charge on any atom is -0.461 e. The molecule has 0 aliphatic heterocycles. The van der Waals surface area contributed by atoms with Crippen LogP contribution in [0.4, 0.5) is 0 Å². The number of nitrogens with two attached hydrogens (primary N) is 1. The van der Waals surface area contributed by atoms with E-state index in [9.17, 15) is 13.2 Å². The van der Waals surface area contributed by atoms with Gasteiger partial charge in [0.15, 0.2) is 0 Å². The number of rotatable bonds is 7. The van der Waals surface area contributed by atoms with Crippen molar-refractivity contribution in [2.24, 2.45) is 11.1 Å². The highest BCUT2D eigenvalue weighted by Crippen LogP contribution is 2.37. The van der Waals surface area contributed by atoms with Gasteiger partial charge in [0, 0.05) is 12.2 Å². The Morgan fingerprint density at radius 3 is 2.67 bits per heavy atom. The van der Waals surface area contributed by atoms with Crippen molar-refractivity contribution in [2.75, 3.05) is 6.61 Å². The zero-order chi connectivity index (χ0) is 15.6. The predicted molar refractivity (Wildman–Crippen MR) is 78.4 cm³/mol. The number of sulfonamides is 1. The van der Waals surface area contributed by atoms with Crippen molar-refractivity contribution >= 4 is 16.0 Å². The maximum Gasteiger partial charge on any atom is 0.354 e. The first-order valence-corrected chi connectivity index (χ1v) is 8.75. The third kappa shape index (κ3) is 4.31. The van der Waals surface area contributed by atoms with Crippen molar-refractivity contribution < 1.29 is 17.9 Å². The zero-order valence-electron chi connectivity index (χ0n) is 12.4. The highest BCUT2D eigenvalue weighted by atomic mass is 32.2. The Bertz CT molecular complexity index is 615. The van der Waals surface area contributed by atoms with Gasteiger partial charge in [-0.2, -0.15) is 0 Å². The van der Waals surface area contributed by atoms with Gasteiger partial charge < -0.3 is 9.30 Å². The first-order chi connectivity index (χ1) is 9.79. The second kappa shape index (κ2) is 6.19. The van der Waals surface area contributed by atoms with Gasteiger partial charge in [-0.15, -0.1) is 0 Å². The van der Waals surface area contributed by atoms with Crippen LogP contribution < -0.4 is 5.14 Å². The number of ether oxygens (including phenoxy) is 1. The molecule has 0 saturated heterocycles. The zero-order valence-corrected chi connectivity index (χ0v) is 13.2. The number of nitrogens with zero attached hydrogens (tertiary/aromatic N) is 1. The summed E-state index contributed by atoms with van der Waals surface area (Å²) in [6.07, 6.45) is 5.09. The van der Waals surface area contributed by atoms with Gasteiger partial charge in [-0.25, -0.2) is 18.4 Å². The van der Waals surface area contributed by atoms with E-state index in [-0.39, 0.29) is 16.6 Å². The summed E-state index contributed by atoms with van der Waals surface area (Å²) in [6, 6.07) is 1.48. The summed E-state index contributed by atoms with van der Waals surface area (Å²) in [5.41, 5.74) is 0.270. The van der Waals surface area contributed by atoms with Gasteiger partial charge in [-0.05, 0) is 37.7 Å². The number of primary sulfonamides is 1. The molecule has 1 aliphatic rings. The number of hydrogen-bond donors (Lipinski definition) is 1. The molecule has 6 nitrogen and oxygen atoms in total. The van der Waals surface area contributed by atoms with Crippen molar-refractivity contribution in [3.05, 3.63) is 18.0 Å². The average Bonchev–Trinajstić information content (AvgIpc) is 3.11. The summed E-state index contributed by atoms with van der Waals surface area (Å²) in [5.74, 6) is 0.0774. The van der Waals surface area contributed by atoms with Crippen LogP contribution in [0.2, 0.25) is 0 Å². The van der Waals surface area contributed by atoms with Gasteiger partial charge in [-0.1, -0.05) is 13.8 Å². The Balaban J connectivity index is 2.07. The first-order valence-electron chi connectivity index (χ1n) is 7.21. The van der Waals surface area contributed by atoms with Crippen LogP contribution in [0.1, 0.15) is 56.1 Å². The Morgan fingerprint density at radius 2 is 2.14 bits per heavy atom. The second-order valence-corrected chi connectivity index (χ2v) is 7.48. The highest BCUT2D eigenvalue weighted by Gasteiger charge is 2.30. The van der Waals surface area contributed by atoms with E-state index in [2.05, 4.69) is 13.8 Å². The van der Waals surface area contributed by atoms with Gasteiger partial charge in [0.05, 0.1) is 6.61 Å². The fraction of sp³-hybridized carbons (Fsp3) is 0.643. The van der Waals surface area contributed by atoms with E-state index >= 15 is 0 Å². The third-order valence-corrected chi connectivity index (χ3v) is 4.34. The molecule has 0 unspecified atom stereocenters. The molecule has 2 N–H and O–H groups in total. The van der Waals surface area contributed by atoms with Gasteiger partial charge in [0.1, 0.15) is 10.6 Å². The van der Waals surface area contributed by atoms with E-state index in [0.717, 1.165) is 25.7 Å². The minimum atomic E-state index is -3.81. The molecule has 118 valence electrons. The molecule has 2 rings (SSSR count). The molecule has 1 heterocycles. The van der Waals surface area contributed by atoms with Crippen LogP contribution in [0.5, 0.6) is 0 Å². The summed E-state index contributed by atoms with van der Waals surface area (Å²) in [4.78, 5) is 12.1. The van der Waals surface area contributed by atoms with E-state index in [1.54, 1.807) is 4.57 Å². The molecule has 0 aromatic carbocycles. The Labute approximate surface area is 125 Å². The van der Waals surface area contributed by atoms with Crippen LogP contribution >= 0.6 is 0 Å². The van der Waals surface area contributed by atoms with E-state index in [0.29, 0.717) is 12.5 Å². The number of aromatic nitrogens is 1. The highest BCUT2D eigenvalue weighted by molar-refractivity contribution is 7.89. The molecule has 1 fully saturated rings. The molecule has 1 saturated carbocycles. The Hall–Kier alpha value is -1.34. The first kappa shape index (κ1) is 16.0. The summed E-state index contributed by atoms with van der Waals surface area (Å²) < 4.78 is 29.7. The molecule has 1 aromatic heterocycles. The fourth-order valence-corrected chi connectivity index (χ4v) is 2.69. The fourth-order valence-electron chi connectivity index (χ4n) is 2.16. The van der Waals surface area contributed by atoms with Crippen LogP contribution in [0.15, 0.2) is 17.2 Å². The summed E-state index contributed by atoms with van der Waals surface area (Å²) in [7, 11) is -3.81. The second-order valence-electron chi connectivity index (χ2n) is 5.92. The lowest BCUT2D eigenvalue weighted by Gasteiger charge is -2.08. The third-order valence-electron chi connectivity index (χ3n) is 3.46. The van der Waals surface area contributed by atoms with Crippen molar-refractivity contribution in [2.45, 2.75) is 50.5 Å². The normalized spacial score (nSPS) is 15.4. The van der Waals surface area contributed by atoms with E-state index in [1.807, 2.05) is 0 Å². The van der Waals surface area contributed by atoms with Crippen molar-refractivity contribution in [3.8, 4) is 0 Å². The number of esters is 1. The largest absolute Gasteiger partial charge is 0.461 e. The van der Waals surface area contributed by atoms with Crippen molar-refractivity contribution in [1.82, 2.24) is 4.57 Å². The van der Waals surface area contributed by atoms with Crippen LogP contribution in [-0.2, 0) is 14.8 Å². The summed E-state index contributed by atoms with van der Waals surface area (Å²) >= 11 is 0. The molecular weight excluding hydrogens is 292 g/mol. The Kier molecular flexibility index (Phi) is 4.73. The van der Waals surface area contributed by atoms with Crippen molar-refractivity contribution in [3.63, 3.8) is 0 Å². The summed E-state index contributed by atoms with van der Waals surface area (Å²) in [5, 5.41) is 5.12. The van der Waals surface area contributed by atoms with Crippen LogP contribution in [0.25, 0.3) is 0 Å². The molecule has 0 radical (unpaired) electrons. The molecule has 7 heteroatoms. The molecule has 0 bridgehead atoms. The molecular formula is C14H22N2O4S. The van der Waals surface area contributed by atoms with Crippen LogP contribution in [0, 0.1) is 5.92 Å². The predicted octanol–water partition coefficient (Wildman–Crippen LogP) is 2.06. The van der Waals surface area contributed by atoms with Crippen LogP contribution in [-0.4, -0.2) is 25.6 Å². The van der Waals surface area contributed by atoms with Crippen LogP contribution in [0.3, 0.4) is 0 Å². The van der Waals surface area contributed by atoms with E-state index in [1.165, 1.54) is 12.3 Å². The lowest BCUT2D eigenvalue weighted by molar-refractivity contribution is 0.0482. The molecule has 1 aromatic rings. The quantitative estimate of drug-likeness (QED) is 0.616. The maximum atomic E-state index is 12.1. The topological polar surface area (TPSA) is 91.4 Å². The average molecular weight is 314 g/mol. The summed E-state index contributed by atoms with van der Waals surface area (Å²) in [6.45, 7) is 4.56. The minimum absolute atomic E-state index is 0.0384. The van der Waals surface area contributed by atoms with Gasteiger partial charge in [-0.3, -0.25) is 0 Å². The van der Waals surface area contributed by atoms with Gasteiger partial charge >= 0.3 is 5.97 Å². The van der Waals surface area contributed by atoms with Gasteiger partial charge in [0.25, 0.3) is 0 Å². The molecule has 1 aliphatic carbocycles. The van der Waals surface area contributed by atoms with E-state index < -0.39 is 16.0 Å². The lowest BCUT2D eigenvalue weighted by atomic mass is 10.1. The van der Waals surface area contributed by atoms with Gasteiger partial charge in [0.2, 0.25) is 10.0 Å². The van der Waals surface area contributed by atoms with Crippen molar-refractivity contribution in [1.29, 1.82) is 0 Å². The van der Waals surface area contributed by atoms with E-state index in [4.69, 9.17) is 9.88 Å². The Morgan fingerprint density at radius 1 is 1.48 bits per heavy atom. The molecule has 0 amide bonds. The number of hydrogen-bond acceptors (Lipinski definition) is 4. The molecule has 0 spiro atoms. The lowest BCUT2D eigenvalue weighted by Crippen LogP contribution is -2.12. The molecule has 21 heavy (non-hydrogen) atoms. The molecule has 0 atom stereocenters. The SMILES string of the molecule is CC(C)CCCOC(=O)c1cc(S(N)(=O)=O)cn1C1CC1. The smallest absolute Gasteiger partial charge is 0.354 e. The maximum absolute atomic E-state index is 12.1. The monoisotopic (exact) mass is 314 g/mol. The number of carbonyl (C=O) groups excluding carboxylic acids is 1. The number of carbonyl (C=O) groups is 1. The standard InChI is InChI=1S/C14H22N2O4S/c1-10(2)4-3-7-20-14(17)13-8-12(21(15,18)19)9-16(13)11-5-6-11/h8-11H,3-7H2,1-2H3,(H2,15,18,19).